The molecule has 1 rings (SSSR count). The lowest BCUT2D eigenvalue weighted by atomic mass is 10.1. The first-order chi connectivity index (χ1) is 7.34. The third-order valence-corrected chi connectivity index (χ3v) is 2.99. The van der Waals surface area contributed by atoms with E-state index in [0.29, 0.717) is 11.8 Å². The number of phenols is 1. The lowest BCUT2D eigenvalue weighted by molar-refractivity contribution is -0.108. The zero-order valence-corrected chi connectivity index (χ0v) is 9.17. The van der Waals surface area contributed by atoms with Crippen LogP contribution in [0.3, 0.4) is 0 Å². The van der Waals surface area contributed by atoms with Crippen LogP contribution in [0.4, 0.5) is 0 Å². The summed E-state index contributed by atoms with van der Waals surface area (Å²) < 4.78 is 11.0. The Labute approximate surface area is 91.9 Å². The molecule has 1 atom stereocenters. The highest BCUT2D eigenvalue weighted by Crippen LogP contribution is 2.37. The second kappa shape index (κ2) is 4.76. The summed E-state index contributed by atoms with van der Waals surface area (Å²) in [5.41, 5.74) is 5.86. The van der Waals surface area contributed by atoms with Crippen molar-refractivity contribution in [1.29, 1.82) is 0 Å². The van der Waals surface area contributed by atoms with Crippen LogP contribution < -0.4 is 11.0 Å². The molecule has 1 unspecified atom stereocenters. The molecule has 0 aliphatic rings. The van der Waals surface area contributed by atoms with Crippen molar-refractivity contribution < 1.29 is 24.3 Å². The van der Waals surface area contributed by atoms with E-state index in [4.69, 9.17) is 15.5 Å². The summed E-state index contributed by atoms with van der Waals surface area (Å²) in [7, 11) is -4.51. The molecule has 0 aliphatic carbocycles. The van der Waals surface area contributed by atoms with Crippen LogP contribution in [0.15, 0.2) is 18.2 Å². The van der Waals surface area contributed by atoms with Crippen molar-refractivity contribution >= 4 is 19.2 Å². The van der Waals surface area contributed by atoms with E-state index in [1.165, 1.54) is 12.1 Å². The van der Waals surface area contributed by atoms with Crippen molar-refractivity contribution in [2.45, 2.75) is 12.5 Å². The first-order valence-corrected chi connectivity index (χ1v) is 6.04. The lowest BCUT2D eigenvalue weighted by Crippen LogP contribution is -2.24. The number of rotatable bonds is 4. The third kappa shape index (κ3) is 3.15. The highest BCUT2D eigenvalue weighted by molar-refractivity contribution is 7.60. The molecule has 7 heteroatoms. The van der Waals surface area contributed by atoms with E-state index < -0.39 is 24.7 Å². The van der Waals surface area contributed by atoms with Crippen LogP contribution in [0.2, 0.25) is 0 Å². The molecule has 1 aromatic carbocycles. The predicted octanol–water partition coefficient (Wildman–Crippen LogP) is -0.736. The van der Waals surface area contributed by atoms with Crippen LogP contribution in [0.25, 0.3) is 0 Å². The minimum absolute atomic E-state index is 0.163. The summed E-state index contributed by atoms with van der Waals surface area (Å²) in [6, 6.07) is 3.05. The Morgan fingerprint density at radius 2 is 2.06 bits per heavy atom. The molecule has 0 bridgehead atoms. The summed E-state index contributed by atoms with van der Waals surface area (Å²) in [5.74, 6) is -0.475. The molecule has 0 saturated heterocycles. The summed E-state index contributed by atoms with van der Waals surface area (Å²) in [6.07, 6.45) is 0.709. The fourth-order valence-corrected chi connectivity index (χ4v) is 1.96. The Morgan fingerprint density at radius 3 is 2.56 bits per heavy atom. The zero-order chi connectivity index (χ0) is 12.3. The Bertz CT molecular complexity index is 442. The molecule has 1 aromatic rings. The standard InChI is InChI=1S/C9H12NO5P/c10-7(5-11)3-6-1-2-8(12)9(4-6)16(13,14)15/h1-2,4-5,7,12H,3,10H2,(H2,13,14,15). The lowest BCUT2D eigenvalue weighted by Gasteiger charge is -2.10. The van der Waals surface area contributed by atoms with Crippen LogP contribution in [0, 0.1) is 0 Å². The number of aromatic hydroxyl groups is 1. The largest absolute Gasteiger partial charge is 0.507 e. The van der Waals surface area contributed by atoms with E-state index in [0.717, 1.165) is 6.07 Å². The molecular formula is C9H12NO5P. The summed E-state index contributed by atoms with van der Waals surface area (Å²) in [5, 5.41) is 8.81. The van der Waals surface area contributed by atoms with E-state index >= 15 is 0 Å². The second-order valence-corrected chi connectivity index (χ2v) is 4.94. The number of aldehydes is 1. The number of carbonyl (C=O) groups is 1. The van der Waals surface area contributed by atoms with Crippen LogP contribution in [-0.4, -0.2) is 27.2 Å². The molecular weight excluding hydrogens is 233 g/mol. The SMILES string of the molecule is NC(C=O)Cc1ccc(O)c(P(=O)(O)O)c1. The number of hydrogen-bond donors (Lipinski definition) is 4. The predicted molar refractivity (Wildman–Crippen MR) is 57.5 cm³/mol. The molecule has 0 spiro atoms. The van der Waals surface area contributed by atoms with Gasteiger partial charge in [-0.2, -0.15) is 0 Å². The number of phenolic OH excluding ortho intramolecular Hbond substituents is 1. The van der Waals surface area contributed by atoms with Crippen molar-refractivity contribution in [2.75, 3.05) is 0 Å². The van der Waals surface area contributed by atoms with Gasteiger partial charge in [0.15, 0.2) is 0 Å². The molecule has 88 valence electrons. The molecule has 5 N–H and O–H groups in total. The van der Waals surface area contributed by atoms with Crippen molar-refractivity contribution in [2.24, 2.45) is 5.73 Å². The van der Waals surface area contributed by atoms with Gasteiger partial charge in [0.25, 0.3) is 0 Å². The van der Waals surface area contributed by atoms with Crippen molar-refractivity contribution in [1.82, 2.24) is 0 Å². The molecule has 16 heavy (non-hydrogen) atoms. The normalized spacial score (nSPS) is 13.4. The zero-order valence-electron chi connectivity index (χ0n) is 8.28. The van der Waals surface area contributed by atoms with Gasteiger partial charge >= 0.3 is 7.60 Å². The van der Waals surface area contributed by atoms with E-state index in [1.807, 2.05) is 0 Å². The molecule has 6 nitrogen and oxygen atoms in total. The molecule has 0 fully saturated rings. The van der Waals surface area contributed by atoms with E-state index in [1.54, 1.807) is 0 Å². The number of nitrogens with two attached hydrogens (primary N) is 1. The number of benzene rings is 1. The molecule has 0 radical (unpaired) electrons. The van der Waals surface area contributed by atoms with Gasteiger partial charge in [-0.3, -0.25) is 4.57 Å². The summed E-state index contributed by atoms with van der Waals surface area (Å²) in [6.45, 7) is 0. The average Bonchev–Trinajstić information content (AvgIpc) is 2.19. The van der Waals surface area contributed by atoms with Crippen LogP contribution in [0.5, 0.6) is 5.75 Å². The van der Waals surface area contributed by atoms with Gasteiger partial charge in [-0.15, -0.1) is 0 Å². The van der Waals surface area contributed by atoms with Gasteiger partial charge in [0, 0.05) is 0 Å². The van der Waals surface area contributed by atoms with Crippen molar-refractivity contribution in [3.05, 3.63) is 23.8 Å². The third-order valence-electron chi connectivity index (χ3n) is 2.00. The molecule has 0 aromatic heterocycles. The molecule has 0 aliphatic heterocycles. The molecule has 0 amide bonds. The average molecular weight is 245 g/mol. The van der Waals surface area contributed by atoms with E-state index in [9.17, 15) is 14.5 Å². The Hall–Kier alpha value is -1.20. The van der Waals surface area contributed by atoms with E-state index in [2.05, 4.69) is 0 Å². The van der Waals surface area contributed by atoms with Gasteiger partial charge in [-0.25, -0.2) is 0 Å². The highest BCUT2D eigenvalue weighted by atomic mass is 31.2. The number of hydrogen-bond acceptors (Lipinski definition) is 4. The Kier molecular flexibility index (Phi) is 3.83. The van der Waals surface area contributed by atoms with Gasteiger partial charge in [0.05, 0.1) is 6.04 Å². The number of carbonyl (C=O) groups excluding carboxylic acids is 1. The Morgan fingerprint density at radius 1 is 1.44 bits per heavy atom. The van der Waals surface area contributed by atoms with Crippen LogP contribution in [-0.2, 0) is 15.8 Å². The fraction of sp³-hybridized carbons (Fsp3) is 0.222. The van der Waals surface area contributed by atoms with Gasteiger partial charge < -0.3 is 25.4 Å². The fourth-order valence-electron chi connectivity index (χ4n) is 1.25. The van der Waals surface area contributed by atoms with Crippen LogP contribution in [0.1, 0.15) is 5.56 Å². The van der Waals surface area contributed by atoms with Gasteiger partial charge in [-0.1, -0.05) is 6.07 Å². The quantitative estimate of drug-likeness (QED) is 0.409. The topological polar surface area (TPSA) is 121 Å². The minimum atomic E-state index is -4.51. The molecule has 0 saturated carbocycles. The smallest absolute Gasteiger partial charge is 0.359 e. The first kappa shape index (κ1) is 12.9. The van der Waals surface area contributed by atoms with Crippen LogP contribution >= 0.6 is 7.60 Å². The van der Waals surface area contributed by atoms with Gasteiger partial charge in [0.1, 0.15) is 17.3 Å². The highest BCUT2D eigenvalue weighted by Gasteiger charge is 2.22. The van der Waals surface area contributed by atoms with Gasteiger partial charge in [-0.05, 0) is 24.1 Å². The maximum Gasteiger partial charge on any atom is 0.359 e. The first-order valence-electron chi connectivity index (χ1n) is 4.43. The molecule has 0 heterocycles. The second-order valence-electron chi connectivity index (χ2n) is 3.37. The minimum Gasteiger partial charge on any atom is -0.507 e. The van der Waals surface area contributed by atoms with Gasteiger partial charge in [0.2, 0.25) is 0 Å². The summed E-state index contributed by atoms with van der Waals surface area (Å²) >= 11 is 0. The summed E-state index contributed by atoms with van der Waals surface area (Å²) in [4.78, 5) is 28.2. The van der Waals surface area contributed by atoms with Crippen molar-refractivity contribution in [3.8, 4) is 5.75 Å². The Balaban J connectivity index is 3.08. The van der Waals surface area contributed by atoms with Crippen molar-refractivity contribution in [3.63, 3.8) is 0 Å². The maximum absolute atomic E-state index is 11.0. The van der Waals surface area contributed by atoms with E-state index in [-0.39, 0.29) is 6.42 Å². The maximum atomic E-state index is 11.0. The monoisotopic (exact) mass is 245 g/mol.